The van der Waals surface area contributed by atoms with Crippen molar-refractivity contribution >= 4 is 64.3 Å². The summed E-state index contributed by atoms with van der Waals surface area (Å²) < 4.78 is 8.53. The van der Waals surface area contributed by atoms with Gasteiger partial charge < -0.3 is 19.7 Å². The molecule has 2 aliphatic rings. The average molecular weight is 480 g/mol. The average Bonchev–Trinajstić information content (AvgIpc) is 2.70. The van der Waals surface area contributed by atoms with Crippen LogP contribution in [0.3, 0.4) is 0 Å². The van der Waals surface area contributed by atoms with E-state index in [9.17, 15) is 14.4 Å². The van der Waals surface area contributed by atoms with Gasteiger partial charge in [0.15, 0.2) is 6.61 Å². The number of benzene rings is 1. The number of fused-ring (bicyclic) bond motifs is 1. The van der Waals surface area contributed by atoms with Crippen LogP contribution < -0.4 is 10.1 Å². The second kappa shape index (κ2) is 9.04. The summed E-state index contributed by atoms with van der Waals surface area (Å²) >= 11 is 18.3. The number of para-hydroxylation sites is 1. The molecule has 156 valence electrons. The number of hydrogen-bond acceptors (Lipinski definition) is 6. The van der Waals surface area contributed by atoms with E-state index >= 15 is 0 Å². The zero-order valence-corrected chi connectivity index (χ0v) is 18.1. The van der Waals surface area contributed by atoms with Gasteiger partial charge in [0, 0.05) is 6.54 Å². The van der Waals surface area contributed by atoms with Gasteiger partial charge in [-0.1, -0.05) is 48.0 Å². The fourth-order valence-corrected chi connectivity index (χ4v) is 4.42. The molecular formula is C18H17Cl3N2O5S. The zero-order valence-electron chi connectivity index (χ0n) is 15.0. The van der Waals surface area contributed by atoms with E-state index < -0.39 is 33.1 Å². The van der Waals surface area contributed by atoms with Gasteiger partial charge in [0.05, 0.1) is 5.88 Å². The Kier molecular flexibility index (Phi) is 6.88. The molecule has 3 rings (SSSR count). The smallest absolute Gasteiger partial charge is 0.326 e. The molecule has 0 spiro atoms. The first kappa shape index (κ1) is 22.1. The highest BCUT2D eigenvalue weighted by Gasteiger charge is 2.54. The minimum Gasteiger partial charge on any atom is -0.484 e. The van der Waals surface area contributed by atoms with Gasteiger partial charge in [0.1, 0.15) is 22.4 Å². The molecule has 0 saturated carbocycles. The molecule has 0 aliphatic carbocycles. The van der Waals surface area contributed by atoms with E-state index in [1.807, 2.05) is 6.07 Å². The normalized spacial score (nSPS) is 23.7. The molecule has 2 heterocycles. The van der Waals surface area contributed by atoms with Crippen molar-refractivity contribution < 1.29 is 23.9 Å². The Balaban J connectivity index is 1.57. The maximum absolute atomic E-state index is 12.4. The molecule has 29 heavy (non-hydrogen) atoms. The molecule has 1 N–H and O–H groups in total. The van der Waals surface area contributed by atoms with Gasteiger partial charge in [-0.15, -0.1) is 23.4 Å². The molecule has 2 aliphatic heterocycles. The summed E-state index contributed by atoms with van der Waals surface area (Å²) in [6.45, 7) is 3.76. The van der Waals surface area contributed by atoms with Crippen molar-refractivity contribution in [1.82, 2.24) is 10.2 Å². The number of rotatable bonds is 7. The first-order chi connectivity index (χ1) is 13.7. The van der Waals surface area contributed by atoms with Gasteiger partial charge in [-0.2, -0.15) is 0 Å². The molecule has 3 atom stereocenters. The number of alkyl halides is 3. The number of ether oxygens (including phenoxy) is 2. The maximum atomic E-state index is 12.4. The molecule has 2 saturated heterocycles. The van der Waals surface area contributed by atoms with Crippen LogP contribution in [0.4, 0.5) is 0 Å². The third-order valence-corrected chi connectivity index (χ3v) is 6.89. The van der Waals surface area contributed by atoms with Crippen molar-refractivity contribution in [2.45, 2.75) is 21.2 Å². The predicted octanol–water partition coefficient (Wildman–Crippen LogP) is 2.30. The van der Waals surface area contributed by atoms with Crippen molar-refractivity contribution in [2.24, 2.45) is 0 Å². The number of hydrogen-bond donors (Lipinski definition) is 1. The van der Waals surface area contributed by atoms with E-state index in [1.54, 1.807) is 24.3 Å². The number of nitrogens with zero attached hydrogens (tertiary/aromatic N) is 1. The van der Waals surface area contributed by atoms with Crippen molar-refractivity contribution in [1.29, 1.82) is 0 Å². The summed E-state index contributed by atoms with van der Waals surface area (Å²) in [5.41, 5.74) is 0.473. The lowest BCUT2D eigenvalue weighted by Gasteiger charge is -2.51. The van der Waals surface area contributed by atoms with Gasteiger partial charge in [-0.25, -0.2) is 0 Å². The quantitative estimate of drug-likeness (QED) is 0.280. The second-order valence-corrected chi connectivity index (χ2v) is 9.28. The topological polar surface area (TPSA) is 84.9 Å². The first-order valence-corrected chi connectivity index (χ1v) is 10.7. The Morgan fingerprint density at radius 2 is 2.00 bits per heavy atom. The Morgan fingerprint density at radius 1 is 1.31 bits per heavy atom. The van der Waals surface area contributed by atoms with E-state index in [0.717, 1.165) is 11.8 Å². The standard InChI is InChI=1S/C18H17Cl3N2O5S/c1-10-7-23-15(25)13(22-12(24)8-27-11-5-3-2-4-6-11)16(23)29-14(10)17(26)28-18(20,21)9-19/h2-6,13-14,16H,1,7-9H2,(H,22,24)/t13?,14?,16-/m1/s1. The van der Waals surface area contributed by atoms with Crippen LogP contribution in [-0.4, -0.2) is 62.9 Å². The van der Waals surface area contributed by atoms with Crippen molar-refractivity contribution in [3.63, 3.8) is 0 Å². The van der Waals surface area contributed by atoms with Crippen LogP contribution in [0, 0.1) is 0 Å². The van der Waals surface area contributed by atoms with E-state index in [-0.39, 0.29) is 24.9 Å². The van der Waals surface area contributed by atoms with Gasteiger partial charge in [0.25, 0.3) is 10.4 Å². The predicted molar refractivity (Wildman–Crippen MR) is 111 cm³/mol. The minimum atomic E-state index is -1.85. The zero-order chi connectivity index (χ0) is 21.2. The second-order valence-electron chi connectivity index (χ2n) is 6.37. The highest BCUT2D eigenvalue weighted by Crippen LogP contribution is 2.41. The van der Waals surface area contributed by atoms with E-state index in [4.69, 9.17) is 44.3 Å². The molecule has 7 nitrogen and oxygen atoms in total. The van der Waals surface area contributed by atoms with Crippen LogP contribution in [0.1, 0.15) is 0 Å². The molecule has 2 fully saturated rings. The molecule has 2 unspecified atom stereocenters. The monoisotopic (exact) mass is 478 g/mol. The number of amides is 2. The number of halogens is 3. The van der Waals surface area contributed by atoms with Crippen LogP contribution in [0.25, 0.3) is 0 Å². The largest absolute Gasteiger partial charge is 0.484 e. The Morgan fingerprint density at radius 3 is 2.66 bits per heavy atom. The van der Waals surface area contributed by atoms with Crippen LogP contribution in [-0.2, 0) is 19.1 Å². The van der Waals surface area contributed by atoms with Crippen LogP contribution in [0.5, 0.6) is 5.75 Å². The molecule has 0 bridgehead atoms. The van der Waals surface area contributed by atoms with Gasteiger partial charge >= 0.3 is 5.97 Å². The van der Waals surface area contributed by atoms with Crippen LogP contribution in [0.2, 0.25) is 0 Å². The van der Waals surface area contributed by atoms with E-state index in [0.29, 0.717) is 11.3 Å². The molecule has 11 heteroatoms. The van der Waals surface area contributed by atoms with Crippen molar-refractivity contribution in [3.05, 3.63) is 42.5 Å². The molecule has 0 aromatic heterocycles. The van der Waals surface area contributed by atoms with Crippen LogP contribution >= 0.6 is 46.6 Å². The minimum absolute atomic E-state index is 0.168. The summed E-state index contributed by atoms with van der Waals surface area (Å²) in [7, 11) is 0. The highest BCUT2D eigenvalue weighted by atomic mass is 35.5. The molecule has 1 aromatic carbocycles. The number of β-lactam (4-membered cyclic amide) rings is 1. The number of carbonyl (C=O) groups excluding carboxylic acids is 3. The van der Waals surface area contributed by atoms with Gasteiger partial charge in [-0.3, -0.25) is 14.4 Å². The van der Waals surface area contributed by atoms with Crippen molar-refractivity contribution in [3.8, 4) is 5.75 Å². The fourth-order valence-electron chi connectivity index (χ4n) is 2.85. The Bertz CT molecular complexity index is 823. The molecule has 2 amide bonds. The lowest BCUT2D eigenvalue weighted by atomic mass is 10.0. The number of esters is 1. The Hall–Kier alpha value is -1.61. The SMILES string of the molecule is C=C1CN2C(=O)C(NC(=O)COc3ccccc3)[C@H]2SC1C(=O)OC(Cl)(Cl)CCl. The summed E-state index contributed by atoms with van der Waals surface area (Å²) in [6.07, 6.45) is 0. The maximum Gasteiger partial charge on any atom is 0.326 e. The third kappa shape index (κ3) is 5.12. The number of carbonyl (C=O) groups is 3. The Labute approximate surface area is 186 Å². The summed E-state index contributed by atoms with van der Waals surface area (Å²) in [5, 5.41) is 1.41. The van der Waals surface area contributed by atoms with Crippen molar-refractivity contribution in [2.75, 3.05) is 19.0 Å². The third-order valence-electron chi connectivity index (χ3n) is 4.21. The number of thioether (sulfide) groups is 1. The highest BCUT2D eigenvalue weighted by molar-refractivity contribution is 8.01. The fraction of sp³-hybridized carbons (Fsp3) is 0.389. The van der Waals surface area contributed by atoms with E-state index in [1.165, 1.54) is 4.90 Å². The lowest BCUT2D eigenvalue weighted by Crippen LogP contribution is -2.72. The lowest BCUT2D eigenvalue weighted by molar-refractivity contribution is -0.150. The number of nitrogens with one attached hydrogen (secondary N) is 1. The molecule has 1 aromatic rings. The van der Waals surface area contributed by atoms with E-state index in [2.05, 4.69) is 11.9 Å². The van der Waals surface area contributed by atoms with Gasteiger partial charge in [0.2, 0.25) is 5.91 Å². The molecule has 0 radical (unpaired) electrons. The summed E-state index contributed by atoms with van der Waals surface area (Å²) in [5.74, 6) is -1.17. The van der Waals surface area contributed by atoms with Crippen LogP contribution in [0.15, 0.2) is 42.5 Å². The van der Waals surface area contributed by atoms with Gasteiger partial charge in [-0.05, 0) is 17.7 Å². The summed E-state index contributed by atoms with van der Waals surface area (Å²) in [6, 6.07) is 8.06. The molecular weight excluding hydrogens is 463 g/mol. The first-order valence-electron chi connectivity index (χ1n) is 8.49. The summed E-state index contributed by atoms with van der Waals surface area (Å²) in [4.78, 5) is 38.4.